The van der Waals surface area contributed by atoms with Crippen molar-refractivity contribution in [2.45, 2.75) is 102 Å². The highest BCUT2D eigenvalue weighted by Crippen LogP contribution is 2.42. The van der Waals surface area contributed by atoms with Crippen LogP contribution in [0, 0.1) is 5.82 Å². The fourth-order valence-electron chi connectivity index (χ4n) is 9.51. The fourth-order valence-corrected chi connectivity index (χ4v) is 9.51. The molecule has 1 saturated carbocycles. The quantitative estimate of drug-likeness (QED) is 0.242. The maximum absolute atomic E-state index is 15.1. The molecule has 5 aliphatic rings. The molecular weight excluding hydrogens is 678 g/mol. The Kier molecular flexibility index (Phi) is 8.66. The SMILES string of the molecule is CCc1c(F)ccc2cc(O)cc(N3CCc4c(nc(OC[C@@]56CCCN5C[C@H](F)C6)nc4N4CCCn5nc(C(=O)N(C)C6CCC6)cc5C4)C3)c12. The van der Waals surface area contributed by atoms with Gasteiger partial charge in [0.15, 0.2) is 5.69 Å². The van der Waals surface area contributed by atoms with Crippen LogP contribution in [0.25, 0.3) is 10.8 Å². The molecule has 13 heteroatoms. The first-order chi connectivity index (χ1) is 25.7. The van der Waals surface area contributed by atoms with Gasteiger partial charge in [-0.1, -0.05) is 13.0 Å². The first kappa shape index (κ1) is 34.3. The number of carbonyl (C=O) groups is 1. The summed E-state index contributed by atoms with van der Waals surface area (Å²) >= 11 is 0. The number of alkyl halides is 1. The number of phenols is 1. The van der Waals surface area contributed by atoms with E-state index in [4.69, 9.17) is 19.8 Å². The van der Waals surface area contributed by atoms with E-state index in [-0.39, 0.29) is 35.1 Å². The van der Waals surface area contributed by atoms with Gasteiger partial charge in [0.2, 0.25) is 0 Å². The summed E-state index contributed by atoms with van der Waals surface area (Å²) in [6.07, 6.45) is 6.68. The number of nitrogens with zero attached hydrogens (tertiary/aromatic N) is 8. The van der Waals surface area contributed by atoms with Crippen molar-refractivity contribution in [3.8, 4) is 11.8 Å². The molecule has 9 rings (SSSR count). The van der Waals surface area contributed by atoms with E-state index < -0.39 is 6.17 Å². The number of aryl methyl sites for hydroxylation is 2. The van der Waals surface area contributed by atoms with Crippen LogP contribution in [0.5, 0.6) is 11.8 Å². The molecule has 2 atom stereocenters. The van der Waals surface area contributed by atoms with E-state index in [0.29, 0.717) is 69.9 Å². The average molecular weight is 727 g/mol. The van der Waals surface area contributed by atoms with Crippen LogP contribution < -0.4 is 14.5 Å². The minimum absolute atomic E-state index is 0.0367. The predicted molar refractivity (Wildman–Crippen MR) is 198 cm³/mol. The molecule has 0 unspecified atom stereocenters. The van der Waals surface area contributed by atoms with Gasteiger partial charge < -0.3 is 24.5 Å². The Bertz CT molecular complexity index is 2070. The number of fused-ring (bicyclic) bond motifs is 4. The summed E-state index contributed by atoms with van der Waals surface area (Å²) in [7, 11) is 1.88. The number of aromatic nitrogens is 4. The third kappa shape index (κ3) is 6.04. The second-order valence-electron chi connectivity index (χ2n) is 15.8. The highest BCUT2D eigenvalue weighted by atomic mass is 19.1. The molecule has 6 heterocycles. The van der Waals surface area contributed by atoms with Crippen molar-refractivity contribution in [2.24, 2.45) is 0 Å². The fraction of sp³-hybridized carbons (Fsp3) is 0.550. The van der Waals surface area contributed by atoms with Gasteiger partial charge >= 0.3 is 6.01 Å². The number of halogens is 2. The van der Waals surface area contributed by atoms with Crippen LogP contribution in [0.4, 0.5) is 20.3 Å². The standard InChI is InChI=1S/C40H48F2N8O3/c1-3-30-32(42)10-9-25-17-29(51)19-35(36(25)30)47-16-11-31-34(23-47)43-39(53-24-40-12-5-14-49(40)21-26(41)20-40)44-37(31)48-13-6-15-50-28(22-48)18-33(45-50)38(52)46(2)27-7-4-8-27/h9-10,17-19,26-27,51H,3-8,11-16,20-24H2,1-2H3/t26-,40+/m1/s1. The summed E-state index contributed by atoms with van der Waals surface area (Å²) in [6.45, 7) is 6.57. The van der Waals surface area contributed by atoms with Gasteiger partial charge in [0.25, 0.3) is 5.91 Å². The summed E-state index contributed by atoms with van der Waals surface area (Å²) in [5.74, 6) is 0.633. The number of rotatable bonds is 8. The maximum Gasteiger partial charge on any atom is 0.318 e. The highest BCUT2D eigenvalue weighted by Gasteiger charge is 2.49. The summed E-state index contributed by atoms with van der Waals surface area (Å²) in [5, 5.41) is 17.1. The first-order valence-corrected chi connectivity index (χ1v) is 19.4. The van der Waals surface area contributed by atoms with E-state index in [2.05, 4.69) is 14.7 Å². The van der Waals surface area contributed by atoms with Crippen LogP contribution in [0.2, 0.25) is 0 Å². The number of ether oxygens (including phenoxy) is 1. The lowest BCUT2D eigenvalue weighted by Crippen LogP contribution is -2.43. The highest BCUT2D eigenvalue weighted by molar-refractivity contribution is 5.98. The molecule has 1 N–H and O–H groups in total. The molecule has 2 aromatic heterocycles. The number of amides is 1. The largest absolute Gasteiger partial charge is 0.508 e. The molecule has 0 spiro atoms. The van der Waals surface area contributed by atoms with Crippen molar-refractivity contribution in [2.75, 3.05) is 49.6 Å². The second-order valence-corrected chi connectivity index (χ2v) is 15.8. The van der Waals surface area contributed by atoms with Gasteiger partial charge in [-0.2, -0.15) is 15.1 Å². The van der Waals surface area contributed by atoms with E-state index in [1.54, 1.807) is 18.2 Å². The lowest BCUT2D eigenvalue weighted by Gasteiger charge is -2.35. The minimum Gasteiger partial charge on any atom is -0.508 e. The van der Waals surface area contributed by atoms with Crippen molar-refractivity contribution in [3.05, 3.63) is 64.4 Å². The van der Waals surface area contributed by atoms with Crippen LogP contribution in [0.15, 0.2) is 30.3 Å². The number of carbonyl (C=O) groups excluding carboxylic acids is 1. The Balaban J connectivity index is 1.07. The van der Waals surface area contributed by atoms with Crippen molar-refractivity contribution in [1.29, 1.82) is 0 Å². The van der Waals surface area contributed by atoms with Crippen LogP contribution in [0.1, 0.15) is 84.9 Å². The van der Waals surface area contributed by atoms with Crippen molar-refractivity contribution in [1.82, 2.24) is 29.5 Å². The topological polar surface area (TPSA) is 103 Å². The number of hydrogen-bond acceptors (Lipinski definition) is 9. The normalized spacial score (nSPS) is 23.1. The lowest BCUT2D eigenvalue weighted by atomic mass is 9.92. The average Bonchev–Trinajstić information content (AvgIpc) is 3.75. The zero-order valence-corrected chi connectivity index (χ0v) is 30.7. The Morgan fingerprint density at radius 1 is 1.06 bits per heavy atom. The molecule has 4 aromatic rings. The lowest BCUT2D eigenvalue weighted by molar-refractivity contribution is 0.0645. The van der Waals surface area contributed by atoms with Crippen LogP contribution in [-0.2, 0) is 32.5 Å². The number of benzene rings is 2. The molecule has 1 aliphatic carbocycles. The molecule has 2 aromatic carbocycles. The smallest absolute Gasteiger partial charge is 0.318 e. The van der Waals surface area contributed by atoms with E-state index in [0.717, 1.165) is 90.8 Å². The van der Waals surface area contributed by atoms with Crippen molar-refractivity contribution in [3.63, 3.8) is 0 Å². The second kappa shape index (κ2) is 13.4. The summed E-state index contributed by atoms with van der Waals surface area (Å²) in [5.41, 5.74) is 4.32. The van der Waals surface area contributed by atoms with Gasteiger partial charge in [-0.15, -0.1) is 0 Å². The Hall–Kier alpha value is -4.52. The summed E-state index contributed by atoms with van der Waals surface area (Å²) in [4.78, 5) is 32.0. The summed E-state index contributed by atoms with van der Waals surface area (Å²) in [6, 6.07) is 9.09. The predicted octanol–water partition coefficient (Wildman–Crippen LogP) is 5.79. The van der Waals surface area contributed by atoms with Gasteiger partial charge in [-0.3, -0.25) is 14.4 Å². The Morgan fingerprint density at radius 2 is 1.92 bits per heavy atom. The van der Waals surface area contributed by atoms with Gasteiger partial charge in [0, 0.05) is 68.4 Å². The van der Waals surface area contributed by atoms with Crippen molar-refractivity contribution < 1.29 is 23.4 Å². The third-order valence-electron chi connectivity index (χ3n) is 12.6. The number of aromatic hydroxyl groups is 1. The van der Waals surface area contributed by atoms with Crippen LogP contribution >= 0.6 is 0 Å². The number of phenolic OH excluding ortho intramolecular Hbond substituents is 1. The van der Waals surface area contributed by atoms with Gasteiger partial charge in [0.1, 0.15) is 30.2 Å². The molecular formula is C40H48F2N8O3. The van der Waals surface area contributed by atoms with Crippen molar-refractivity contribution >= 4 is 28.2 Å². The Morgan fingerprint density at radius 3 is 2.74 bits per heavy atom. The van der Waals surface area contributed by atoms with E-state index in [1.165, 1.54) is 6.07 Å². The summed E-state index contributed by atoms with van der Waals surface area (Å²) < 4.78 is 38.3. The molecule has 3 fully saturated rings. The number of hydrogen-bond donors (Lipinski definition) is 1. The Labute approximate surface area is 308 Å². The molecule has 0 bridgehead atoms. The molecule has 11 nitrogen and oxygen atoms in total. The van der Waals surface area contributed by atoms with E-state index in [1.807, 2.05) is 29.6 Å². The first-order valence-electron chi connectivity index (χ1n) is 19.4. The zero-order chi connectivity index (χ0) is 36.4. The van der Waals surface area contributed by atoms with E-state index in [9.17, 15) is 14.3 Å². The maximum atomic E-state index is 15.1. The van der Waals surface area contributed by atoms with Crippen LogP contribution in [0.3, 0.4) is 0 Å². The molecule has 2 saturated heterocycles. The monoisotopic (exact) mass is 726 g/mol. The molecule has 53 heavy (non-hydrogen) atoms. The molecule has 280 valence electrons. The van der Waals surface area contributed by atoms with Gasteiger partial charge in [0.05, 0.1) is 30.0 Å². The van der Waals surface area contributed by atoms with E-state index >= 15 is 4.39 Å². The zero-order valence-electron chi connectivity index (χ0n) is 30.7. The number of anilines is 2. The van der Waals surface area contributed by atoms with Gasteiger partial charge in [-0.25, -0.2) is 8.78 Å². The van der Waals surface area contributed by atoms with Gasteiger partial charge in [-0.05, 0) is 87.1 Å². The molecule has 4 aliphatic heterocycles. The molecule has 0 radical (unpaired) electrons. The molecule has 1 amide bonds. The van der Waals surface area contributed by atoms with Crippen LogP contribution in [-0.4, -0.2) is 98.1 Å². The minimum atomic E-state index is -0.866. The third-order valence-corrected chi connectivity index (χ3v) is 12.6.